The van der Waals surface area contributed by atoms with Crippen LogP contribution in [0.15, 0.2) is 0 Å². The molecule has 2 aliphatic rings. The highest BCUT2D eigenvalue weighted by Gasteiger charge is 2.33. The Bertz CT molecular complexity index is 384. The van der Waals surface area contributed by atoms with Gasteiger partial charge in [-0.15, -0.1) is 0 Å². The van der Waals surface area contributed by atoms with E-state index in [0.29, 0.717) is 12.0 Å². The quantitative estimate of drug-likeness (QED) is 0.860. The van der Waals surface area contributed by atoms with Gasteiger partial charge in [-0.1, -0.05) is 0 Å². The van der Waals surface area contributed by atoms with Gasteiger partial charge in [0.05, 0.1) is 0 Å². The lowest BCUT2D eigenvalue weighted by molar-refractivity contribution is 0.486. The molecule has 88 valence electrons. The summed E-state index contributed by atoms with van der Waals surface area (Å²) in [6.07, 6.45) is 6.59. The van der Waals surface area contributed by atoms with Crippen LogP contribution in [-0.4, -0.2) is 17.0 Å². The Hall–Kier alpha value is -0.770. The summed E-state index contributed by atoms with van der Waals surface area (Å²) in [5.41, 5.74) is 7.37. The first-order valence-electron chi connectivity index (χ1n) is 6.29. The predicted molar refractivity (Wildman–Crippen MR) is 69.2 cm³/mol. The van der Waals surface area contributed by atoms with Crippen molar-refractivity contribution in [2.24, 2.45) is 0 Å². The third-order valence-electron chi connectivity index (χ3n) is 3.79. The van der Waals surface area contributed by atoms with Crippen LogP contribution in [0.25, 0.3) is 0 Å². The van der Waals surface area contributed by atoms with Crippen LogP contribution in [-0.2, 0) is 0 Å². The molecule has 2 fully saturated rings. The maximum atomic E-state index is 6.01. The molecule has 0 aromatic carbocycles. The number of nitrogens with zero attached hydrogens (tertiary/aromatic N) is 2. The van der Waals surface area contributed by atoms with E-state index in [4.69, 9.17) is 5.73 Å². The van der Waals surface area contributed by atoms with Gasteiger partial charge in [0.15, 0.2) is 0 Å². The van der Waals surface area contributed by atoms with Gasteiger partial charge in [-0.25, -0.2) is 0 Å². The van der Waals surface area contributed by atoms with E-state index in [2.05, 4.69) is 16.2 Å². The van der Waals surface area contributed by atoms with Gasteiger partial charge < -0.3 is 10.6 Å². The number of hydrogen-bond donors (Lipinski definition) is 1. The fraction of sp³-hybridized carbons (Fsp3) is 0.750. The van der Waals surface area contributed by atoms with Crippen molar-refractivity contribution in [3.8, 4) is 0 Å². The van der Waals surface area contributed by atoms with Crippen LogP contribution >= 0.6 is 11.5 Å². The zero-order valence-electron chi connectivity index (χ0n) is 9.78. The maximum Gasteiger partial charge on any atom is 0.142 e. The van der Waals surface area contributed by atoms with E-state index >= 15 is 0 Å². The molecule has 16 heavy (non-hydrogen) atoms. The average molecular weight is 237 g/mol. The van der Waals surface area contributed by atoms with Crippen molar-refractivity contribution in [1.82, 2.24) is 4.37 Å². The molecule has 2 N–H and O–H groups in total. The Kier molecular flexibility index (Phi) is 2.54. The molecule has 4 heteroatoms. The average Bonchev–Trinajstić information content (AvgIpc) is 3.04. The normalized spacial score (nSPS) is 26.1. The first kappa shape index (κ1) is 10.4. The van der Waals surface area contributed by atoms with E-state index in [9.17, 15) is 0 Å². The van der Waals surface area contributed by atoms with Gasteiger partial charge in [-0.05, 0) is 56.5 Å². The topological polar surface area (TPSA) is 42.2 Å². The monoisotopic (exact) mass is 237 g/mol. The van der Waals surface area contributed by atoms with Crippen LogP contribution in [0.4, 0.5) is 10.8 Å². The van der Waals surface area contributed by atoms with Crippen molar-refractivity contribution in [1.29, 1.82) is 0 Å². The van der Waals surface area contributed by atoms with Crippen LogP contribution in [0.2, 0.25) is 0 Å². The van der Waals surface area contributed by atoms with Gasteiger partial charge in [-0.3, -0.25) is 0 Å². The molecule has 2 heterocycles. The highest BCUT2D eigenvalue weighted by atomic mass is 32.1. The molecule has 1 atom stereocenters. The van der Waals surface area contributed by atoms with Crippen molar-refractivity contribution < 1.29 is 0 Å². The minimum atomic E-state index is 0.658. The molecule has 0 bridgehead atoms. The van der Waals surface area contributed by atoms with Crippen molar-refractivity contribution in [2.45, 2.75) is 51.0 Å². The summed E-state index contributed by atoms with van der Waals surface area (Å²) < 4.78 is 4.37. The van der Waals surface area contributed by atoms with E-state index in [1.807, 2.05) is 0 Å². The molecule has 1 saturated carbocycles. The summed E-state index contributed by atoms with van der Waals surface area (Å²) in [6.45, 7) is 3.51. The number of nitrogens with two attached hydrogens (primary N) is 1. The predicted octanol–water partition coefficient (Wildman–Crippen LogP) is 2.98. The summed E-state index contributed by atoms with van der Waals surface area (Å²) in [4.78, 5) is 2.53. The first-order valence-corrected chi connectivity index (χ1v) is 7.06. The number of anilines is 2. The summed E-state index contributed by atoms with van der Waals surface area (Å²) in [5.74, 6) is 1.50. The molecule has 1 aliphatic heterocycles. The third-order valence-corrected chi connectivity index (χ3v) is 4.70. The summed E-state index contributed by atoms with van der Waals surface area (Å²) >= 11 is 1.61. The zero-order chi connectivity index (χ0) is 11.1. The lowest BCUT2D eigenvalue weighted by Gasteiger charge is -2.34. The maximum absolute atomic E-state index is 6.01. The highest BCUT2D eigenvalue weighted by Crippen LogP contribution is 2.49. The second-order valence-electron chi connectivity index (χ2n) is 5.10. The van der Waals surface area contributed by atoms with Crippen LogP contribution in [0.5, 0.6) is 0 Å². The van der Waals surface area contributed by atoms with Crippen molar-refractivity contribution in [2.75, 3.05) is 17.2 Å². The largest absolute Gasteiger partial charge is 0.383 e. The number of nitrogen functional groups attached to an aromatic ring is 1. The molecule has 1 aromatic rings. The van der Waals surface area contributed by atoms with Gasteiger partial charge in [0.1, 0.15) is 10.8 Å². The Morgan fingerprint density at radius 2 is 2.12 bits per heavy atom. The lowest BCUT2D eigenvalue weighted by Crippen LogP contribution is -2.37. The zero-order valence-corrected chi connectivity index (χ0v) is 10.6. The minimum Gasteiger partial charge on any atom is -0.383 e. The molecule has 3 nitrogen and oxygen atoms in total. The lowest BCUT2D eigenvalue weighted by atomic mass is 10.0. The Labute approximate surface area is 101 Å². The van der Waals surface area contributed by atoms with E-state index < -0.39 is 0 Å². The van der Waals surface area contributed by atoms with Crippen LogP contribution in [0, 0.1) is 0 Å². The molecule has 1 aliphatic carbocycles. The summed E-state index contributed by atoms with van der Waals surface area (Å²) in [7, 11) is 0. The first-order chi connectivity index (χ1) is 7.77. The van der Waals surface area contributed by atoms with E-state index in [-0.39, 0.29) is 0 Å². The highest BCUT2D eigenvalue weighted by molar-refractivity contribution is 7.10. The molecular weight excluding hydrogens is 218 g/mol. The van der Waals surface area contributed by atoms with Crippen LogP contribution in [0.3, 0.4) is 0 Å². The van der Waals surface area contributed by atoms with Crippen molar-refractivity contribution >= 4 is 22.4 Å². The van der Waals surface area contributed by atoms with Crippen LogP contribution < -0.4 is 10.6 Å². The Morgan fingerprint density at radius 1 is 1.31 bits per heavy atom. The Balaban J connectivity index is 1.92. The summed E-state index contributed by atoms with van der Waals surface area (Å²) in [5, 5.41) is 1.37. The van der Waals surface area contributed by atoms with Gasteiger partial charge in [-0.2, -0.15) is 4.37 Å². The molecule has 0 amide bonds. The number of hydrogen-bond acceptors (Lipinski definition) is 4. The SMILES string of the molecule is CC1CCCCN1c1snc(N)c1C1CC1. The molecular formula is C12H19N3S. The molecule has 3 rings (SSSR count). The second kappa shape index (κ2) is 3.91. The van der Waals surface area contributed by atoms with Crippen LogP contribution in [0.1, 0.15) is 50.5 Å². The fourth-order valence-electron chi connectivity index (χ4n) is 2.66. The van der Waals surface area contributed by atoms with Gasteiger partial charge in [0.25, 0.3) is 0 Å². The van der Waals surface area contributed by atoms with E-state index in [1.165, 1.54) is 49.2 Å². The number of piperidine rings is 1. The molecule has 1 aromatic heterocycles. The van der Waals surface area contributed by atoms with Gasteiger partial charge in [0.2, 0.25) is 0 Å². The van der Waals surface area contributed by atoms with E-state index in [1.54, 1.807) is 11.5 Å². The second-order valence-corrected chi connectivity index (χ2v) is 5.85. The van der Waals surface area contributed by atoms with Crippen molar-refractivity contribution in [3.63, 3.8) is 0 Å². The Morgan fingerprint density at radius 3 is 2.81 bits per heavy atom. The summed E-state index contributed by atoms with van der Waals surface area (Å²) in [6, 6.07) is 0.658. The molecule has 1 saturated heterocycles. The fourth-order valence-corrected chi connectivity index (χ4v) is 3.69. The van der Waals surface area contributed by atoms with E-state index in [0.717, 1.165) is 5.82 Å². The standard InChI is InChI=1S/C12H19N3S/c1-8-4-2-3-7-15(8)12-10(9-5-6-9)11(13)14-16-12/h8-9H,2-7H2,1H3,(H2,13,14). The molecule has 1 unspecified atom stereocenters. The number of rotatable bonds is 2. The number of aromatic nitrogens is 1. The molecule has 0 spiro atoms. The molecule has 0 radical (unpaired) electrons. The smallest absolute Gasteiger partial charge is 0.142 e. The van der Waals surface area contributed by atoms with Gasteiger partial charge in [0, 0.05) is 18.2 Å². The minimum absolute atomic E-state index is 0.658. The van der Waals surface area contributed by atoms with Crippen molar-refractivity contribution in [3.05, 3.63) is 5.56 Å². The van der Waals surface area contributed by atoms with Gasteiger partial charge >= 0.3 is 0 Å². The third kappa shape index (κ3) is 1.69.